The molecule has 0 saturated carbocycles. The third kappa shape index (κ3) is 6.23. The summed E-state index contributed by atoms with van der Waals surface area (Å²) in [7, 11) is -2.52. The van der Waals surface area contributed by atoms with Gasteiger partial charge in [0, 0.05) is 39.8 Å². The summed E-state index contributed by atoms with van der Waals surface area (Å²) in [6, 6.07) is 6.93. The summed E-state index contributed by atoms with van der Waals surface area (Å²) in [5.41, 5.74) is 0.822. The number of anilines is 1. The number of benzene rings is 1. The van der Waals surface area contributed by atoms with Crippen LogP contribution < -0.4 is 10.2 Å². The molecule has 3 aliphatic heterocycles. The second-order valence-corrected chi connectivity index (χ2v) is 12.6. The van der Waals surface area contributed by atoms with Crippen LogP contribution in [-0.4, -0.2) is 122 Å². The fraction of sp³-hybridized carbons (Fsp3) is 0.583. The topological polar surface area (TPSA) is 153 Å². The molecule has 1 aromatic carbocycles. The van der Waals surface area contributed by atoms with Gasteiger partial charge in [0.05, 0.1) is 48.0 Å². The molecule has 4 heterocycles. The maximum Gasteiger partial charge on any atom is 0.290 e. The number of ether oxygens (including phenoxy) is 1. The van der Waals surface area contributed by atoms with Crippen LogP contribution in [0.25, 0.3) is 10.2 Å². The molecule has 214 valence electrons. The van der Waals surface area contributed by atoms with Crippen LogP contribution in [0, 0.1) is 5.92 Å². The van der Waals surface area contributed by atoms with Crippen LogP contribution in [0.4, 0.5) is 5.13 Å². The molecule has 3 fully saturated rings. The highest BCUT2D eigenvalue weighted by Gasteiger charge is 2.56. The van der Waals surface area contributed by atoms with Gasteiger partial charge in [0.1, 0.15) is 0 Å². The molecule has 0 spiro atoms. The van der Waals surface area contributed by atoms with Crippen molar-refractivity contribution in [2.24, 2.45) is 5.92 Å². The second kappa shape index (κ2) is 12.7. The lowest BCUT2D eigenvalue weighted by Gasteiger charge is -2.29. The van der Waals surface area contributed by atoms with Crippen LogP contribution in [0.2, 0.25) is 0 Å². The maximum atomic E-state index is 13.5. The van der Waals surface area contributed by atoms with Gasteiger partial charge in [0.25, 0.3) is 16.7 Å². The average molecular weight is 583 g/mol. The van der Waals surface area contributed by atoms with Crippen molar-refractivity contribution in [3.8, 4) is 0 Å². The molecule has 2 N–H and O–H groups in total. The molecule has 39 heavy (non-hydrogen) atoms. The minimum atomic E-state index is -3.94. The molecule has 5 rings (SSSR count). The van der Waals surface area contributed by atoms with Crippen molar-refractivity contribution in [1.82, 2.24) is 23.8 Å². The van der Waals surface area contributed by atoms with Gasteiger partial charge in [-0.15, -0.1) is 0 Å². The number of morpholine rings is 1. The highest BCUT2D eigenvalue weighted by Crippen LogP contribution is 2.42. The van der Waals surface area contributed by atoms with E-state index in [-0.39, 0.29) is 30.9 Å². The summed E-state index contributed by atoms with van der Waals surface area (Å²) in [5.74, 6) is -0.973. The molecule has 2 amide bonds. The van der Waals surface area contributed by atoms with Crippen LogP contribution in [-0.2, 0) is 29.3 Å². The Morgan fingerprint density at radius 2 is 1.97 bits per heavy atom. The molecular formula is C24H34N6O7S2. The van der Waals surface area contributed by atoms with Crippen molar-refractivity contribution in [3.63, 3.8) is 0 Å². The predicted octanol–water partition coefficient (Wildman–Crippen LogP) is 0.0477. The Balaban J connectivity index is 0.00000112. The molecular weight excluding hydrogens is 548 g/mol. The van der Waals surface area contributed by atoms with E-state index in [2.05, 4.69) is 15.2 Å². The standard InChI is InChI=1S/C23H32N6O5S2.CH2O2/c1-16-21-18(29(22(16)31)23-25-17-5-3-4-6-19(17)35-23)7-9-28(21)36(32,33)26(2)15-20(30)24-8-10-27-11-13-34-14-12-27;2-1-3/h3-6,16,18,21H,7-15H2,1-2H3,(H,24,30);1H,(H,2,3)/t16-,18-,21+;/m0./s1. The maximum absolute atomic E-state index is 13.5. The number of hydrogen-bond donors (Lipinski definition) is 2. The van der Waals surface area contributed by atoms with E-state index in [9.17, 15) is 18.0 Å². The number of likely N-dealkylation sites (N-methyl/N-ethyl adjacent to an activating group) is 1. The van der Waals surface area contributed by atoms with E-state index < -0.39 is 22.2 Å². The SMILES string of the molecule is C[C@@H]1C(=O)N(c2nc3ccccc3s2)[C@H]2CCN(S(=O)(=O)N(C)CC(=O)NCCN3CCOCC3)[C@H]12.O=CO. The van der Waals surface area contributed by atoms with Crippen LogP contribution >= 0.6 is 11.3 Å². The number of carboxylic acid groups (broad SMARTS) is 1. The number of fused-ring (bicyclic) bond motifs is 2. The fourth-order valence-electron chi connectivity index (χ4n) is 5.33. The summed E-state index contributed by atoms with van der Waals surface area (Å²) in [6.07, 6.45) is 0.523. The molecule has 2 aromatic rings. The zero-order chi connectivity index (χ0) is 28.2. The predicted molar refractivity (Wildman–Crippen MR) is 146 cm³/mol. The van der Waals surface area contributed by atoms with Gasteiger partial charge in [-0.3, -0.25) is 24.2 Å². The lowest BCUT2D eigenvalue weighted by atomic mass is 10.0. The van der Waals surface area contributed by atoms with Gasteiger partial charge in [0.15, 0.2) is 5.13 Å². The van der Waals surface area contributed by atoms with E-state index in [1.54, 1.807) is 11.8 Å². The molecule has 1 aromatic heterocycles. The number of para-hydroxylation sites is 1. The molecule has 0 aliphatic carbocycles. The quantitative estimate of drug-likeness (QED) is 0.411. The molecule has 13 nitrogen and oxygen atoms in total. The number of carbonyl (C=O) groups excluding carboxylic acids is 2. The van der Waals surface area contributed by atoms with Crippen LogP contribution in [0.15, 0.2) is 24.3 Å². The third-order valence-electron chi connectivity index (χ3n) is 7.24. The summed E-state index contributed by atoms with van der Waals surface area (Å²) in [4.78, 5) is 42.6. The Kier molecular flexibility index (Phi) is 9.51. The number of aromatic nitrogens is 1. The van der Waals surface area contributed by atoms with Crippen molar-refractivity contribution in [2.75, 3.05) is 64.4 Å². The Morgan fingerprint density at radius 1 is 1.28 bits per heavy atom. The Bertz CT molecular complexity index is 1250. The van der Waals surface area contributed by atoms with Gasteiger partial charge in [0.2, 0.25) is 11.8 Å². The lowest BCUT2D eigenvalue weighted by molar-refractivity contribution is -0.123. The van der Waals surface area contributed by atoms with Gasteiger partial charge in [-0.05, 0) is 18.6 Å². The summed E-state index contributed by atoms with van der Waals surface area (Å²) in [6.45, 7) is 5.71. The van der Waals surface area contributed by atoms with Crippen molar-refractivity contribution in [1.29, 1.82) is 0 Å². The Morgan fingerprint density at radius 3 is 2.67 bits per heavy atom. The van der Waals surface area contributed by atoms with Gasteiger partial charge >= 0.3 is 0 Å². The van der Waals surface area contributed by atoms with Gasteiger partial charge < -0.3 is 15.2 Å². The normalized spacial score (nSPS) is 24.0. The Labute approximate surface area is 231 Å². The van der Waals surface area contributed by atoms with Crippen molar-refractivity contribution in [3.05, 3.63) is 24.3 Å². The fourth-order valence-corrected chi connectivity index (χ4v) is 7.96. The monoisotopic (exact) mass is 582 g/mol. The van der Waals surface area contributed by atoms with Gasteiger partial charge in [-0.25, -0.2) is 4.98 Å². The van der Waals surface area contributed by atoms with E-state index >= 15 is 0 Å². The van der Waals surface area contributed by atoms with Gasteiger partial charge in [-0.1, -0.05) is 30.4 Å². The summed E-state index contributed by atoms with van der Waals surface area (Å²) < 4.78 is 35.7. The zero-order valence-electron chi connectivity index (χ0n) is 21.9. The molecule has 15 heteroatoms. The first kappa shape index (κ1) is 29.3. The largest absolute Gasteiger partial charge is 0.483 e. The molecule has 3 saturated heterocycles. The Hall–Kier alpha value is -2.69. The average Bonchev–Trinajstić information content (AvgIpc) is 3.60. The van der Waals surface area contributed by atoms with Crippen molar-refractivity contribution in [2.45, 2.75) is 25.4 Å². The molecule has 0 radical (unpaired) electrons. The third-order valence-corrected chi connectivity index (χ3v) is 10.2. The van der Waals surface area contributed by atoms with E-state index in [1.165, 1.54) is 22.7 Å². The van der Waals surface area contributed by atoms with Crippen molar-refractivity contribution < 1.29 is 32.6 Å². The minimum Gasteiger partial charge on any atom is -0.483 e. The van der Waals surface area contributed by atoms with E-state index in [4.69, 9.17) is 14.6 Å². The number of nitrogens with zero attached hydrogens (tertiary/aromatic N) is 5. The smallest absolute Gasteiger partial charge is 0.290 e. The number of hydrogen-bond acceptors (Lipinski definition) is 9. The first-order valence-electron chi connectivity index (χ1n) is 12.8. The first-order chi connectivity index (χ1) is 18.7. The van der Waals surface area contributed by atoms with Crippen molar-refractivity contribution >= 4 is 55.2 Å². The van der Waals surface area contributed by atoms with Gasteiger partial charge in [-0.2, -0.15) is 17.0 Å². The molecule has 3 atom stereocenters. The minimum absolute atomic E-state index is 0.118. The summed E-state index contributed by atoms with van der Waals surface area (Å²) in [5, 5.41) is 10.3. The highest BCUT2D eigenvalue weighted by atomic mass is 32.2. The molecule has 3 aliphatic rings. The molecule has 0 bridgehead atoms. The first-order valence-corrected chi connectivity index (χ1v) is 15.0. The van der Waals surface area contributed by atoms with E-state index in [0.29, 0.717) is 44.4 Å². The van der Waals surface area contributed by atoms with Crippen LogP contribution in [0.1, 0.15) is 13.3 Å². The van der Waals surface area contributed by atoms with Crippen LogP contribution in [0.3, 0.4) is 0 Å². The molecule has 0 unspecified atom stereocenters. The summed E-state index contributed by atoms with van der Waals surface area (Å²) >= 11 is 1.44. The second-order valence-electron chi connectivity index (χ2n) is 9.59. The van der Waals surface area contributed by atoms with Crippen LogP contribution in [0.5, 0.6) is 0 Å². The highest BCUT2D eigenvalue weighted by molar-refractivity contribution is 7.86. The number of thiazole rings is 1. The van der Waals surface area contributed by atoms with E-state index in [0.717, 1.165) is 27.6 Å². The number of amides is 2. The number of carbonyl (C=O) groups is 3. The number of rotatable bonds is 8. The van der Waals surface area contributed by atoms with E-state index in [1.807, 2.05) is 24.3 Å². The lowest BCUT2D eigenvalue weighted by Crippen LogP contribution is -2.50. The number of nitrogens with one attached hydrogen (secondary N) is 1. The zero-order valence-corrected chi connectivity index (χ0v) is 23.6.